The Labute approximate surface area is 94.1 Å². The minimum atomic E-state index is 0.322. The van der Waals surface area contributed by atoms with Crippen molar-refractivity contribution < 1.29 is 4.74 Å². The van der Waals surface area contributed by atoms with E-state index in [-0.39, 0.29) is 0 Å². The van der Waals surface area contributed by atoms with Gasteiger partial charge in [-0.2, -0.15) is 0 Å². The second-order valence-corrected chi connectivity index (χ2v) is 5.00. The van der Waals surface area contributed by atoms with E-state index in [9.17, 15) is 0 Å². The summed E-state index contributed by atoms with van der Waals surface area (Å²) in [5.41, 5.74) is 1.56. The molecular formula is C13H25NO. The molecule has 1 aliphatic carbocycles. The number of ether oxygens (including phenoxy) is 1. The van der Waals surface area contributed by atoms with E-state index in [4.69, 9.17) is 4.74 Å². The molecule has 1 N–H and O–H groups in total. The molecule has 3 unspecified atom stereocenters. The molecular weight excluding hydrogens is 186 g/mol. The van der Waals surface area contributed by atoms with Gasteiger partial charge < -0.3 is 10.1 Å². The van der Waals surface area contributed by atoms with E-state index >= 15 is 0 Å². The fraction of sp³-hybridized carbons (Fsp3) is 0.846. The van der Waals surface area contributed by atoms with Crippen LogP contribution in [0.2, 0.25) is 0 Å². The minimum absolute atomic E-state index is 0.322. The van der Waals surface area contributed by atoms with Crippen LogP contribution in [-0.2, 0) is 4.74 Å². The molecule has 3 atom stereocenters. The molecule has 2 nitrogen and oxygen atoms in total. The van der Waals surface area contributed by atoms with Gasteiger partial charge in [0, 0.05) is 13.7 Å². The van der Waals surface area contributed by atoms with Crippen LogP contribution in [-0.4, -0.2) is 26.3 Å². The quantitative estimate of drug-likeness (QED) is 0.706. The third-order valence-corrected chi connectivity index (χ3v) is 3.15. The van der Waals surface area contributed by atoms with Crippen molar-refractivity contribution in [1.29, 1.82) is 0 Å². The third kappa shape index (κ3) is 4.80. The van der Waals surface area contributed by atoms with Gasteiger partial charge in [0.25, 0.3) is 0 Å². The van der Waals surface area contributed by atoms with Crippen molar-refractivity contribution in [2.24, 2.45) is 11.8 Å². The highest BCUT2D eigenvalue weighted by atomic mass is 16.5. The summed E-state index contributed by atoms with van der Waals surface area (Å²) >= 11 is 0. The molecule has 88 valence electrons. The summed E-state index contributed by atoms with van der Waals surface area (Å²) in [7, 11) is 1.77. The molecule has 0 bridgehead atoms. The lowest BCUT2D eigenvalue weighted by Gasteiger charge is -2.26. The molecule has 0 saturated heterocycles. The zero-order chi connectivity index (χ0) is 11.3. The van der Waals surface area contributed by atoms with Crippen LogP contribution in [0.3, 0.4) is 0 Å². The van der Waals surface area contributed by atoms with Crippen LogP contribution in [0.5, 0.6) is 0 Å². The van der Waals surface area contributed by atoms with E-state index < -0.39 is 0 Å². The average Bonchev–Trinajstić information content (AvgIpc) is 2.16. The summed E-state index contributed by atoms with van der Waals surface area (Å²) in [5.74, 6) is 1.57. The summed E-state index contributed by atoms with van der Waals surface area (Å²) in [5, 5.41) is 3.49. The predicted molar refractivity (Wildman–Crippen MR) is 65.0 cm³/mol. The highest BCUT2D eigenvalue weighted by molar-refractivity contribution is 5.06. The van der Waals surface area contributed by atoms with Gasteiger partial charge in [-0.1, -0.05) is 18.6 Å². The van der Waals surface area contributed by atoms with Gasteiger partial charge in [0.2, 0.25) is 0 Å². The number of rotatable bonds is 5. The highest BCUT2D eigenvalue weighted by Crippen LogP contribution is 2.27. The van der Waals surface area contributed by atoms with Crippen molar-refractivity contribution in [3.63, 3.8) is 0 Å². The van der Waals surface area contributed by atoms with Gasteiger partial charge in [-0.25, -0.2) is 0 Å². The number of allylic oxidation sites excluding steroid dienone is 2. The zero-order valence-corrected chi connectivity index (χ0v) is 10.5. The molecule has 0 aromatic rings. The smallest absolute Gasteiger partial charge is 0.0667 e. The molecule has 2 heteroatoms. The van der Waals surface area contributed by atoms with Crippen molar-refractivity contribution >= 4 is 0 Å². The van der Waals surface area contributed by atoms with Crippen LogP contribution < -0.4 is 5.32 Å². The van der Waals surface area contributed by atoms with Gasteiger partial charge in [-0.15, -0.1) is 0 Å². The molecule has 1 rings (SSSR count). The first kappa shape index (κ1) is 12.7. The molecule has 0 aromatic carbocycles. The van der Waals surface area contributed by atoms with E-state index in [1.165, 1.54) is 12.8 Å². The van der Waals surface area contributed by atoms with E-state index in [1.54, 1.807) is 12.7 Å². The number of nitrogens with one attached hydrogen (secondary N) is 1. The first-order valence-electron chi connectivity index (χ1n) is 6.02. The Bertz CT molecular complexity index is 213. The maximum Gasteiger partial charge on any atom is 0.0667 e. The van der Waals surface area contributed by atoms with Crippen molar-refractivity contribution in [1.82, 2.24) is 5.32 Å². The molecule has 0 aliphatic heterocycles. The summed E-state index contributed by atoms with van der Waals surface area (Å²) in [6.45, 7) is 8.75. The average molecular weight is 211 g/mol. The molecule has 0 radical (unpaired) electrons. The van der Waals surface area contributed by atoms with Crippen LogP contribution in [0.15, 0.2) is 11.6 Å². The van der Waals surface area contributed by atoms with Gasteiger partial charge in [-0.3, -0.25) is 0 Å². The number of hydrogen-bond donors (Lipinski definition) is 1. The molecule has 15 heavy (non-hydrogen) atoms. The fourth-order valence-electron chi connectivity index (χ4n) is 2.42. The lowest BCUT2D eigenvalue weighted by molar-refractivity contribution is 0.116. The van der Waals surface area contributed by atoms with Crippen LogP contribution in [0.25, 0.3) is 0 Å². The van der Waals surface area contributed by atoms with Crippen LogP contribution in [0, 0.1) is 11.8 Å². The summed E-state index contributed by atoms with van der Waals surface area (Å²) in [6.07, 6.45) is 5.32. The van der Waals surface area contributed by atoms with E-state index in [0.29, 0.717) is 6.10 Å². The van der Waals surface area contributed by atoms with Gasteiger partial charge in [0.05, 0.1) is 6.10 Å². The molecule has 0 fully saturated rings. The van der Waals surface area contributed by atoms with Gasteiger partial charge >= 0.3 is 0 Å². The normalized spacial score (nSPS) is 28.7. The second kappa shape index (κ2) is 6.29. The topological polar surface area (TPSA) is 21.3 Å². The SMILES string of the molecule is COC(C)CNCC1CC(C)=CC(C)C1. The van der Waals surface area contributed by atoms with Crippen LogP contribution in [0.1, 0.15) is 33.6 Å². The van der Waals surface area contributed by atoms with Crippen LogP contribution >= 0.6 is 0 Å². The molecule has 0 amide bonds. The second-order valence-electron chi connectivity index (χ2n) is 5.00. The Balaban J connectivity index is 2.20. The predicted octanol–water partition coefficient (Wildman–Crippen LogP) is 2.60. The number of methoxy groups -OCH3 is 1. The maximum atomic E-state index is 5.21. The van der Waals surface area contributed by atoms with Crippen molar-refractivity contribution in [3.8, 4) is 0 Å². The van der Waals surface area contributed by atoms with Gasteiger partial charge in [-0.05, 0) is 45.1 Å². The standard InChI is InChI=1S/C13H25NO/c1-10-5-11(2)7-13(6-10)9-14-8-12(3)15-4/h5,10,12-14H,6-9H2,1-4H3. The van der Waals surface area contributed by atoms with E-state index in [0.717, 1.165) is 24.9 Å². The monoisotopic (exact) mass is 211 g/mol. The lowest BCUT2D eigenvalue weighted by Crippen LogP contribution is -2.32. The lowest BCUT2D eigenvalue weighted by atomic mass is 9.84. The minimum Gasteiger partial charge on any atom is -0.380 e. The summed E-state index contributed by atoms with van der Waals surface area (Å²) in [4.78, 5) is 0. The Morgan fingerprint density at radius 3 is 2.93 bits per heavy atom. The maximum absolute atomic E-state index is 5.21. The van der Waals surface area contributed by atoms with Crippen LogP contribution in [0.4, 0.5) is 0 Å². The Morgan fingerprint density at radius 1 is 1.60 bits per heavy atom. The fourth-order valence-corrected chi connectivity index (χ4v) is 2.42. The Hall–Kier alpha value is -0.340. The first-order valence-corrected chi connectivity index (χ1v) is 6.02. The van der Waals surface area contributed by atoms with E-state index in [1.807, 2.05) is 0 Å². The number of hydrogen-bond acceptors (Lipinski definition) is 2. The molecule has 1 aliphatic rings. The van der Waals surface area contributed by atoms with Crippen molar-refractivity contribution in [3.05, 3.63) is 11.6 Å². The summed E-state index contributed by atoms with van der Waals surface area (Å²) < 4.78 is 5.21. The third-order valence-electron chi connectivity index (χ3n) is 3.15. The Morgan fingerprint density at radius 2 is 2.33 bits per heavy atom. The molecule has 0 saturated carbocycles. The van der Waals surface area contributed by atoms with Crippen molar-refractivity contribution in [2.75, 3.05) is 20.2 Å². The molecule has 0 aromatic heterocycles. The van der Waals surface area contributed by atoms with Gasteiger partial charge in [0.15, 0.2) is 0 Å². The molecule has 0 heterocycles. The van der Waals surface area contributed by atoms with Crippen molar-refractivity contribution in [2.45, 2.75) is 39.7 Å². The van der Waals surface area contributed by atoms with Gasteiger partial charge in [0.1, 0.15) is 0 Å². The molecule has 0 spiro atoms. The van der Waals surface area contributed by atoms with E-state index in [2.05, 4.69) is 32.2 Å². The summed E-state index contributed by atoms with van der Waals surface area (Å²) in [6, 6.07) is 0. The first-order chi connectivity index (χ1) is 7.11. The highest BCUT2D eigenvalue weighted by Gasteiger charge is 2.17. The largest absolute Gasteiger partial charge is 0.380 e. The zero-order valence-electron chi connectivity index (χ0n) is 10.5. The Kier molecular flexibility index (Phi) is 5.34.